The maximum Gasteiger partial charge on any atom is 0.389 e. The van der Waals surface area contributed by atoms with Gasteiger partial charge in [0.15, 0.2) is 11.6 Å². The summed E-state index contributed by atoms with van der Waals surface area (Å²) in [4.78, 5) is 0. The van der Waals surface area contributed by atoms with Crippen LogP contribution in [-0.2, 0) is 0 Å². The second-order valence-corrected chi connectivity index (χ2v) is 4.36. The fourth-order valence-electron chi connectivity index (χ4n) is 1.56. The average molecular weight is 294 g/mol. The average Bonchev–Trinajstić information content (AvgIpc) is 2.34. The summed E-state index contributed by atoms with van der Waals surface area (Å²) in [6.07, 6.45) is -4.41. The molecule has 0 saturated heterocycles. The number of alkyl halides is 3. The molecule has 0 spiro atoms. The number of anilines is 2. The van der Waals surface area contributed by atoms with Crippen LogP contribution in [0, 0.1) is 5.82 Å². The van der Waals surface area contributed by atoms with E-state index in [-0.39, 0.29) is 24.4 Å². The van der Waals surface area contributed by atoms with Crippen molar-refractivity contribution >= 4 is 11.4 Å². The fourth-order valence-corrected chi connectivity index (χ4v) is 1.56. The Morgan fingerprint density at radius 1 is 1.30 bits per heavy atom. The van der Waals surface area contributed by atoms with Crippen LogP contribution in [-0.4, -0.2) is 19.3 Å². The Balaban J connectivity index is 2.60. The summed E-state index contributed by atoms with van der Waals surface area (Å²) in [5, 5.41) is 2.76. The van der Waals surface area contributed by atoms with Crippen LogP contribution in [0.3, 0.4) is 0 Å². The van der Waals surface area contributed by atoms with E-state index >= 15 is 0 Å². The number of ether oxygens (including phenoxy) is 1. The van der Waals surface area contributed by atoms with Crippen LogP contribution >= 0.6 is 0 Å². The Morgan fingerprint density at radius 2 is 2.00 bits per heavy atom. The maximum absolute atomic E-state index is 13.5. The lowest BCUT2D eigenvalue weighted by Crippen LogP contribution is -2.12. The molecule has 3 N–H and O–H groups in total. The lowest BCUT2D eigenvalue weighted by Gasteiger charge is -2.13. The number of nitrogen functional groups attached to an aromatic ring is 1. The van der Waals surface area contributed by atoms with Crippen LogP contribution in [0.1, 0.15) is 26.2 Å². The molecule has 0 fully saturated rings. The SMILES string of the molecule is CCCOc1cc(NCCCC(F)(F)F)c(N)cc1F. The second-order valence-electron chi connectivity index (χ2n) is 4.36. The third-order valence-corrected chi connectivity index (χ3v) is 2.52. The van der Waals surface area contributed by atoms with Gasteiger partial charge in [-0.1, -0.05) is 6.92 Å². The highest BCUT2D eigenvalue weighted by atomic mass is 19.4. The topological polar surface area (TPSA) is 47.3 Å². The number of rotatable bonds is 7. The highest BCUT2D eigenvalue weighted by Gasteiger charge is 2.25. The summed E-state index contributed by atoms with van der Waals surface area (Å²) in [7, 11) is 0. The van der Waals surface area contributed by atoms with Crippen molar-refractivity contribution in [1.29, 1.82) is 0 Å². The predicted molar refractivity (Wildman–Crippen MR) is 70.4 cm³/mol. The number of benzene rings is 1. The predicted octanol–water partition coefficient (Wildman–Crippen LogP) is 3.95. The molecule has 1 rings (SSSR count). The molecule has 0 aliphatic heterocycles. The van der Waals surface area contributed by atoms with Crippen molar-refractivity contribution < 1.29 is 22.3 Å². The number of hydrogen-bond acceptors (Lipinski definition) is 3. The van der Waals surface area contributed by atoms with Gasteiger partial charge in [0, 0.05) is 25.1 Å². The molecule has 1 aromatic rings. The second kappa shape index (κ2) is 7.21. The van der Waals surface area contributed by atoms with E-state index in [1.54, 1.807) is 0 Å². The third kappa shape index (κ3) is 5.54. The third-order valence-electron chi connectivity index (χ3n) is 2.52. The number of nitrogens with one attached hydrogen (secondary N) is 1. The number of nitrogens with two attached hydrogens (primary N) is 1. The molecule has 3 nitrogen and oxygen atoms in total. The van der Waals surface area contributed by atoms with Gasteiger partial charge in [0.1, 0.15) is 0 Å². The number of hydrogen-bond donors (Lipinski definition) is 2. The Morgan fingerprint density at radius 3 is 2.60 bits per heavy atom. The minimum absolute atomic E-state index is 0.0411. The molecule has 114 valence electrons. The highest BCUT2D eigenvalue weighted by Crippen LogP contribution is 2.29. The Hall–Kier alpha value is -1.66. The van der Waals surface area contributed by atoms with Gasteiger partial charge in [-0.05, 0) is 12.8 Å². The summed E-state index contributed by atoms with van der Waals surface area (Å²) in [5.74, 6) is -0.545. The van der Waals surface area contributed by atoms with Gasteiger partial charge < -0.3 is 15.8 Å². The first-order chi connectivity index (χ1) is 9.33. The molecular formula is C13H18F4N2O. The molecule has 7 heteroatoms. The van der Waals surface area contributed by atoms with Crippen LogP contribution < -0.4 is 15.8 Å². The standard InChI is InChI=1S/C13H18F4N2O/c1-2-6-20-12-8-11(10(18)7-9(12)14)19-5-3-4-13(15,16)17/h7-8,19H,2-6,18H2,1H3. The van der Waals surface area contributed by atoms with Gasteiger partial charge >= 0.3 is 6.18 Å². The number of halogens is 4. The van der Waals surface area contributed by atoms with Crippen LogP contribution in [0.15, 0.2) is 12.1 Å². The van der Waals surface area contributed by atoms with Crippen molar-refractivity contribution in [2.75, 3.05) is 24.2 Å². The molecule has 0 saturated carbocycles. The smallest absolute Gasteiger partial charge is 0.389 e. The van der Waals surface area contributed by atoms with Crippen LogP contribution in [0.4, 0.5) is 28.9 Å². The first kappa shape index (κ1) is 16.4. The monoisotopic (exact) mass is 294 g/mol. The fraction of sp³-hybridized carbons (Fsp3) is 0.538. The minimum atomic E-state index is -4.18. The highest BCUT2D eigenvalue weighted by molar-refractivity contribution is 5.68. The molecule has 0 aliphatic rings. The van der Waals surface area contributed by atoms with Crippen LogP contribution in [0.2, 0.25) is 0 Å². The van der Waals surface area contributed by atoms with E-state index in [0.29, 0.717) is 12.3 Å². The zero-order chi connectivity index (χ0) is 15.2. The normalized spacial score (nSPS) is 11.4. The molecule has 0 aliphatic carbocycles. The lowest BCUT2D eigenvalue weighted by atomic mass is 10.2. The molecule has 0 bridgehead atoms. The summed E-state index contributed by atoms with van der Waals surface area (Å²) in [6, 6.07) is 2.46. The van der Waals surface area contributed by atoms with Crippen molar-refractivity contribution in [3.63, 3.8) is 0 Å². The zero-order valence-electron chi connectivity index (χ0n) is 11.2. The first-order valence-electron chi connectivity index (χ1n) is 6.36. The van der Waals surface area contributed by atoms with Gasteiger partial charge in [-0.25, -0.2) is 4.39 Å². The van der Waals surface area contributed by atoms with Crippen molar-refractivity contribution in [3.8, 4) is 5.75 Å². The molecule has 0 amide bonds. The van der Waals surface area contributed by atoms with Gasteiger partial charge in [0.05, 0.1) is 18.0 Å². The first-order valence-corrected chi connectivity index (χ1v) is 6.36. The Bertz CT molecular complexity index is 435. The van der Waals surface area contributed by atoms with E-state index in [1.165, 1.54) is 6.07 Å². The molecule has 0 aromatic heterocycles. The molecule has 0 heterocycles. The molecule has 0 unspecified atom stereocenters. The van der Waals surface area contributed by atoms with E-state index < -0.39 is 18.4 Å². The summed E-state index contributed by atoms with van der Waals surface area (Å²) in [6.45, 7) is 2.34. The van der Waals surface area contributed by atoms with E-state index in [2.05, 4.69) is 5.32 Å². The lowest BCUT2D eigenvalue weighted by molar-refractivity contribution is -0.134. The Labute approximate surface area is 115 Å². The maximum atomic E-state index is 13.5. The molecule has 1 aromatic carbocycles. The van der Waals surface area contributed by atoms with Gasteiger partial charge in [-0.15, -0.1) is 0 Å². The molecule has 20 heavy (non-hydrogen) atoms. The van der Waals surface area contributed by atoms with E-state index in [4.69, 9.17) is 10.5 Å². The molecular weight excluding hydrogens is 276 g/mol. The summed E-state index contributed by atoms with van der Waals surface area (Å²) in [5.41, 5.74) is 6.12. The van der Waals surface area contributed by atoms with Crippen LogP contribution in [0.25, 0.3) is 0 Å². The van der Waals surface area contributed by atoms with E-state index in [1.807, 2.05) is 6.92 Å². The zero-order valence-corrected chi connectivity index (χ0v) is 11.2. The largest absolute Gasteiger partial charge is 0.490 e. The minimum Gasteiger partial charge on any atom is -0.490 e. The summed E-state index contributed by atoms with van der Waals surface area (Å²) < 4.78 is 54.7. The molecule has 0 radical (unpaired) electrons. The quantitative estimate of drug-likeness (QED) is 0.455. The van der Waals surface area contributed by atoms with Gasteiger partial charge in [0.2, 0.25) is 0 Å². The molecule has 0 atom stereocenters. The van der Waals surface area contributed by atoms with Gasteiger partial charge in [0.25, 0.3) is 0 Å². The summed E-state index contributed by atoms with van der Waals surface area (Å²) >= 11 is 0. The van der Waals surface area contributed by atoms with Gasteiger partial charge in [-0.2, -0.15) is 13.2 Å². The van der Waals surface area contributed by atoms with Crippen molar-refractivity contribution in [1.82, 2.24) is 0 Å². The van der Waals surface area contributed by atoms with E-state index in [9.17, 15) is 17.6 Å². The Kier molecular flexibility index (Phi) is 5.91. The van der Waals surface area contributed by atoms with Crippen LogP contribution in [0.5, 0.6) is 5.75 Å². The van der Waals surface area contributed by atoms with Crippen molar-refractivity contribution in [3.05, 3.63) is 17.9 Å². The van der Waals surface area contributed by atoms with E-state index in [0.717, 1.165) is 12.5 Å². The van der Waals surface area contributed by atoms with Crippen molar-refractivity contribution in [2.45, 2.75) is 32.4 Å². The van der Waals surface area contributed by atoms with Gasteiger partial charge in [-0.3, -0.25) is 0 Å². The van der Waals surface area contributed by atoms with Crippen molar-refractivity contribution in [2.24, 2.45) is 0 Å².